The number of carbonyl (C=O) groups is 1. The van der Waals surface area contributed by atoms with Crippen LogP contribution < -0.4 is 5.32 Å². The Hall–Kier alpha value is -0.630. The topological polar surface area (TPSA) is 29.1 Å². The van der Waals surface area contributed by atoms with Gasteiger partial charge in [-0.05, 0) is 69.4 Å². The van der Waals surface area contributed by atoms with Gasteiger partial charge in [0.15, 0.2) is 0 Å². The summed E-state index contributed by atoms with van der Waals surface area (Å²) in [6, 6.07) is 15.2. The SMILES string of the molecule is O=C(Nc1ccccc1)c1cccc(I)c1I. The largest absolute Gasteiger partial charge is 0.322 e. The highest BCUT2D eigenvalue weighted by Gasteiger charge is 2.11. The maximum absolute atomic E-state index is 12.1. The Labute approximate surface area is 127 Å². The molecule has 2 aromatic carbocycles. The van der Waals surface area contributed by atoms with Gasteiger partial charge in [0, 0.05) is 12.8 Å². The van der Waals surface area contributed by atoms with E-state index in [4.69, 9.17) is 0 Å². The highest BCUT2D eigenvalue weighted by Crippen LogP contribution is 2.20. The molecule has 0 saturated carbocycles. The highest BCUT2D eigenvalue weighted by atomic mass is 127. The summed E-state index contributed by atoms with van der Waals surface area (Å²) in [5.74, 6) is -0.0703. The van der Waals surface area contributed by atoms with Crippen LogP contribution in [-0.2, 0) is 0 Å². The number of halogens is 2. The van der Waals surface area contributed by atoms with Gasteiger partial charge in [0.2, 0.25) is 0 Å². The minimum atomic E-state index is -0.0703. The Morgan fingerprint density at radius 3 is 2.35 bits per heavy atom. The summed E-state index contributed by atoms with van der Waals surface area (Å²) in [5, 5.41) is 2.88. The Kier molecular flexibility index (Phi) is 4.38. The molecule has 0 aliphatic heterocycles. The normalized spacial score (nSPS) is 10.0. The smallest absolute Gasteiger partial charge is 0.256 e. The van der Waals surface area contributed by atoms with Crippen LogP contribution in [-0.4, -0.2) is 5.91 Å². The quantitative estimate of drug-likeness (QED) is 0.687. The molecule has 0 aliphatic carbocycles. The molecule has 4 heteroatoms. The molecular weight excluding hydrogens is 440 g/mol. The van der Waals surface area contributed by atoms with Gasteiger partial charge in [-0.25, -0.2) is 0 Å². The molecule has 2 rings (SSSR count). The maximum Gasteiger partial charge on any atom is 0.256 e. The number of hydrogen-bond acceptors (Lipinski definition) is 1. The summed E-state index contributed by atoms with van der Waals surface area (Å²) in [7, 11) is 0. The Morgan fingerprint density at radius 2 is 1.65 bits per heavy atom. The fourth-order valence-electron chi connectivity index (χ4n) is 1.40. The van der Waals surface area contributed by atoms with Crippen LogP contribution in [0.4, 0.5) is 5.69 Å². The fraction of sp³-hybridized carbons (Fsp3) is 0. The van der Waals surface area contributed by atoms with E-state index in [1.807, 2.05) is 48.5 Å². The molecule has 86 valence electrons. The molecule has 2 aromatic rings. The first-order chi connectivity index (χ1) is 8.18. The summed E-state index contributed by atoms with van der Waals surface area (Å²) in [4.78, 5) is 12.1. The van der Waals surface area contributed by atoms with Gasteiger partial charge in [-0.15, -0.1) is 0 Å². The summed E-state index contributed by atoms with van der Waals surface area (Å²) < 4.78 is 2.07. The van der Waals surface area contributed by atoms with E-state index in [0.717, 1.165) is 12.8 Å². The first-order valence-electron chi connectivity index (χ1n) is 4.99. The van der Waals surface area contributed by atoms with Crippen LogP contribution in [0.2, 0.25) is 0 Å². The number of amides is 1. The van der Waals surface area contributed by atoms with Crippen molar-refractivity contribution in [2.24, 2.45) is 0 Å². The van der Waals surface area contributed by atoms with Gasteiger partial charge in [0.25, 0.3) is 5.91 Å². The van der Waals surface area contributed by atoms with E-state index in [0.29, 0.717) is 5.56 Å². The van der Waals surface area contributed by atoms with Crippen molar-refractivity contribution in [2.45, 2.75) is 0 Å². The van der Waals surface area contributed by atoms with Crippen LogP contribution in [0.5, 0.6) is 0 Å². The predicted octanol–water partition coefficient (Wildman–Crippen LogP) is 4.15. The Balaban J connectivity index is 2.24. The second-order valence-corrected chi connectivity index (χ2v) is 5.66. The van der Waals surface area contributed by atoms with Crippen LogP contribution in [0.3, 0.4) is 0 Å². The van der Waals surface area contributed by atoms with Crippen LogP contribution in [0.25, 0.3) is 0 Å². The van der Waals surface area contributed by atoms with Crippen molar-refractivity contribution < 1.29 is 4.79 Å². The molecule has 1 amide bonds. The number of carbonyl (C=O) groups excluding carboxylic acids is 1. The van der Waals surface area contributed by atoms with Gasteiger partial charge in [-0.1, -0.05) is 24.3 Å². The predicted molar refractivity (Wildman–Crippen MR) is 86.3 cm³/mol. The number of anilines is 1. The lowest BCUT2D eigenvalue weighted by atomic mass is 10.2. The van der Waals surface area contributed by atoms with Crippen LogP contribution in [0.15, 0.2) is 48.5 Å². The van der Waals surface area contributed by atoms with Crippen molar-refractivity contribution in [3.8, 4) is 0 Å². The third-order valence-corrected chi connectivity index (χ3v) is 5.32. The summed E-state index contributed by atoms with van der Waals surface area (Å²) >= 11 is 4.42. The van der Waals surface area contributed by atoms with Crippen molar-refractivity contribution in [1.82, 2.24) is 0 Å². The van der Waals surface area contributed by atoms with Gasteiger partial charge < -0.3 is 5.32 Å². The van der Waals surface area contributed by atoms with E-state index in [9.17, 15) is 4.79 Å². The van der Waals surface area contributed by atoms with Crippen LogP contribution in [0, 0.1) is 7.14 Å². The maximum atomic E-state index is 12.1. The second-order valence-electron chi connectivity index (χ2n) is 3.42. The standard InChI is InChI=1S/C13H9I2NO/c14-11-8-4-7-10(12(11)15)13(17)16-9-5-2-1-3-6-9/h1-8H,(H,16,17). The highest BCUT2D eigenvalue weighted by molar-refractivity contribution is 14.1. The molecule has 0 heterocycles. The number of hydrogen-bond donors (Lipinski definition) is 1. The summed E-state index contributed by atoms with van der Waals surface area (Å²) in [6.45, 7) is 0. The van der Waals surface area contributed by atoms with Gasteiger partial charge in [0.1, 0.15) is 0 Å². The van der Waals surface area contributed by atoms with Crippen molar-refractivity contribution >= 4 is 56.8 Å². The molecule has 0 radical (unpaired) electrons. The number of nitrogens with one attached hydrogen (secondary N) is 1. The van der Waals surface area contributed by atoms with Gasteiger partial charge >= 0.3 is 0 Å². The number of benzene rings is 2. The van der Waals surface area contributed by atoms with Crippen molar-refractivity contribution in [3.05, 3.63) is 61.2 Å². The van der Waals surface area contributed by atoms with E-state index in [1.54, 1.807) is 0 Å². The lowest BCUT2D eigenvalue weighted by molar-refractivity contribution is 0.102. The first kappa shape index (κ1) is 12.8. The average Bonchev–Trinajstić information content (AvgIpc) is 2.34. The molecule has 0 aromatic heterocycles. The summed E-state index contributed by atoms with van der Waals surface area (Å²) in [6.07, 6.45) is 0. The van der Waals surface area contributed by atoms with Crippen molar-refractivity contribution in [2.75, 3.05) is 5.32 Å². The lowest BCUT2D eigenvalue weighted by Crippen LogP contribution is -2.13. The van der Waals surface area contributed by atoms with Gasteiger partial charge in [-0.3, -0.25) is 4.79 Å². The molecule has 17 heavy (non-hydrogen) atoms. The molecule has 0 aliphatic rings. The van der Waals surface area contributed by atoms with Crippen molar-refractivity contribution in [3.63, 3.8) is 0 Å². The first-order valence-corrected chi connectivity index (χ1v) is 7.14. The minimum Gasteiger partial charge on any atom is -0.322 e. The molecule has 0 fully saturated rings. The summed E-state index contributed by atoms with van der Waals surface area (Å²) in [5.41, 5.74) is 1.52. The lowest BCUT2D eigenvalue weighted by Gasteiger charge is -2.07. The molecule has 1 N–H and O–H groups in total. The monoisotopic (exact) mass is 449 g/mol. The average molecular weight is 449 g/mol. The molecular formula is C13H9I2NO. The van der Waals surface area contributed by atoms with E-state index in [2.05, 4.69) is 50.5 Å². The fourth-order valence-corrected chi connectivity index (χ4v) is 2.50. The van der Waals surface area contributed by atoms with Gasteiger partial charge in [0.05, 0.1) is 5.56 Å². The zero-order chi connectivity index (χ0) is 12.3. The zero-order valence-corrected chi connectivity index (χ0v) is 13.1. The minimum absolute atomic E-state index is 0.0703. The second kappa shape index (κ2) is 5.81. The van der Waals surface area contributed by atoms with E-state index in [-0.39, 0.29) is 5.91 Å². The zero-order valence-electron chi connectivity index (χ0n) is 8.78. The number of para-hydroxylation sites is 1. The van der Waals surface area contributed by atoms with Gasteiger partial charge in [-0.2, -0.15) is 0 Å². The molecule has 0 unspecified atom stereocenters. The third-order valence-electron chi connectivity index (χ3n) is 2.23. The Morgan fingerprint density at radius 1 is 0.941 bits per heavy atom. The van der Waals surface area contributed by atoms with E-state index < -0.39 is 0 Å². The number of rotatable bonds is 2. The Bertz CT molecular complexity index is 540. The van der Waals surface area contributed by atoms with Crippen LogP contribution in [0.1, 0.15) is 10.4 Å². The molecule has 0 spiro atoms. The van der Waals surface area contributed by atoms with E-state index in [1.165, 1.54) is 0 Å². The molecule has 0 saturated heterocycles. The van der Waals surface area contributed by atoms with Crippen LogP contribution >= 0.6 is 45.2 Å². The third kappa shape index (κ3) is 3.19. The molecule has 0 bridgehead atoms. The molecule has 2 nitrogen and oxygen atoms in total. The van der Waals surface area contributed by atoms with E-state index >= 15 is 0 Å². The van der Waals surface area contributed by atoms with Crippen molar-refractivity contribution in [1.29, 1.82) is 0 Å². The molecule has 0 atom stereocenters.